The normalized spacial score (nSPS) is 19.1. The highest BCUT2D eigenvalue weighted by Crippen LogP contribution is 2.10. The SMILES string of the molecule is O=C(NC[C@H](CO)NC[C@@H]1CCOC1)c1cn2ccccc2n1. The Hall–Kier alpha value is -1.96. The van der Waals surface area contributed by atoms with Crippen LogP contribution in [0.3, 0.4) is 0 Å². The Kier molecular flexibility index (Phi) is 5.22. The van der Waals surface area contributed by atoms with E-state index < -0.39 is 0 Å². The summed E-state index contributed by atoms with van der Waals surface area (Å²) in [5, 5.41) is 15.5. The Labute approximate surface area is 134 Å². The predicted octanol–water partition coefficient (Wildman–Crippen LogP) is 0.0511. The van der Waals surface area contributed by atoms with Crippen LogP contribution < -0.4 is 10.6 Å². The predicted molar refractivity (Wildman–Crippen MR) is 85.3 cm³/mol. The van der Waals surface area contributed by atoms with Crippen molar-refractivity contribution in [2.75, 3.05) is 32.9 Å². The molecule has 0 unspecified atom stereocenters. The molecule has 23 heavy (non-hydrogen) atoms. The summed E-state index contributed by atoms with van der Waals surface area (Å²) >= 11 is 0. The second kappa shape index (κ2) is 7.54. The van der Waals surface area contributed by atoms with Crippen molar-refractivity contribution in [2.24, 2.45) is 5.92 Å². The average molecular weight is 318 g/mol. The van der Waals surface area contributed by atoms with Gasteiger partial charge in [0.05, 0.1) is 13.2 Å². The van der Waals surface area contributed by atoms with Crippen molar-refractivity contribution in [1.29, 1.82) is 0 Å². The molecule has 3 rings (SSSR count). The molecule has 1 aliphatic heterocycles. The largest absolute Gasteiger partial charge is 0.395 e. The van der Waals surface area contributed by atoms with Gasteiger partial charge < -0.3 is 24.9 Å². The van der Waals surface area contributed by atoms with E-state index in [9.17, 15) is 9.90 Å². The Balaban J connectivity index is 1.50. The van der Waals surface area contributed by atoms with Crippen LogP contribution >= 0.6 is 0 Å². The van der Waals surface area contributed by atoms with Crippen LogP contribution in [0.5, 0.6) is 0 Å². The summed E-state index contributed by atoms with van der Waals surface area (Å²) in [6.45, 7) is 2.69. The molecular weight excluding hydrogens is 296 g/mol. The minimum atomic E-state index is -0.238. The monoisotopic (exact) mass is 318 g/mol. The molecule has 0 bridgehead atoms. The first kappa shape index (κ1) is 15.9. The number of fused-ring (bicyclic) bond motifs is 1. The van der Waals surface area contributed by atoms with E-state index in [1.54, 1.807) is 10.6 Å². The molecule has 7 nitrogen and oxygen atoms in total. The third-order valence-electron chi connectivity index (χ3n) is 4.05. The Morgan fingerprint density at radius 3 is 3.17 bits per heavy atom. The van der Waals surface area contributed by atoms with Crippen molar-refractivity contribution in [3.05, 3.63) is 36.3 Å². The third kappa shape index (κ3) is 4.07. The fourth-order valence-electron chi connectivity index (χ4n) is 2.63. The highest BCUT2D eigenvalue weighted by Gasteiger charge is 2.18. The van der Waals surface area contributed by atoms with Crippen molar-refractivity contribution in [1.82, 2.24) is 20.0 Å². The van der Waals surface area contributed by atoms with Gasteiger partial charge in [-0.05, 0) is 24.5 Å². The minimum Gasteiger partial charge on any atom is -0.395 e. The van der Waals surface area contributed by atoms with Crippen molar-refractivity contribution < 1.29 is 14.6 Å². The highest BCUT2D eigenvalue weighted by molar-refractivity contribution is 5.92. The van der Waals surface area contributed by atoms with E-state index in [-0.39, 0.29) is 18.6 Å². The summed E-state index contributed by atoms with van der Waals surface area (Å²) in [5.74, 6) is 0.247. The summed E-state index contributed by atoms with van der Waals surface area (Å²) in [6.07, 6.45) is 4.58. The standard InChI is InChI=1S/C16H22N4O3/c21-10-13(17-7-12-4-6-23-11-12)8-18-16(22)14-9-20-5-2-1-3-15(20)19-14/h1-3,5,9,12-13,17,21H,4,6-8,10-11H2,(H,18,22)/t12-,13+/m0/s1. The number of carbonyl (C=O) groups excluding carboxylic acids is 1. The molecule has 0 aliphatic carbocycles. The number of hydrogen-bond acceptors (Lipinski definition) is 5. The number of aromatic nitrogens is 2. The quantitative estimate of drug-likeness (QED) is 0.671. The smallest absolute Gasteiger partial charge is 0.271 e. The second-order valence-electron chi connectivity index (χ2n) is 5.82. The molecule has 0 spiro atoms. The molecule has 3 heterocycles. The molecule has 2 aromatic rings. The van der Waals surface area contributed by atoms with Crippen LogP contribution in [-0.4, -0.2) is 59.4 Å². The van der Waals surface area contributed by atoms with E-state index in [4.69, 9.17) is 4.74 Å². The van der Waals surface area contributed by atoms with Crippen LogP contribution in [0, 0.1) is 5.92 Å². The van der Waals surface area contributed by atoms with Crippen molar-refractivity contribution >= 4 is 11.6 Å². The lowest BCUT2D eigenvalue weighted by Gasteiger charge is -2.18. The zero-order valence-corrected chi connectivity index (χ0v) is 12.9. The van der Waals surface area contributed by atoms with E-state index in [0.29, 0.717) is 18.2 Å². The summed E-state index contributed by atoms with van der Waals surface area (Å²) < 4.78 is 7.13. The maximum absolute atomic E-state index is 12.2. The number of hydrogen-bond donors (Lipinski definition) is 3. The van der Waals surface area contributed by atoms with E-state index in [1.807, 2.05) is 24.4 Å². The molecule has 3 N–H and O–H groups in total. The number of aliphatic hydroxyl groups excluding tert-OH is 1. The summed E-state index contributed by atoms with van der Waals surface area (Å²) in [4.78, 5) is 16.5. The second-order valence-corrected chi connectivity index (χ2v) is 5.82. The maximum atomic E-state index is 12.2. The first-order valence-corrected chi connectivity index (χ1v) is 7.90. The van der Waals surface area contributed by atoms with Crippen LogP contribution in [0.15, 0.2) is 30.6 Å². The van der Waals surface area contributed by atoms with Crippen LogP contribution in [0.25, 0.3) is 5.65 Å². The summed E-state index contributed by atoms with van der Waals surface area (Å²) in [7, 11) is 0. The number of imidazole rings is 1. The van der Waals surface area contributed by atoms with Crippen LogP contribution in [0.4, 0.5) is 0 Å². The molecule has 1 saturated heterocycles. The molecule has 1 aliphatic rings. The number of nitrogens with one attached hydrogen (secondary N) is 2. The van der Waals surface area contributed by atoms with Gasteiger partial charge in [0.2, 0.25) is 0 Å². The molecule has 124 valence electrons. The zero-order valence-electron chi connectivity index (χ0n) is 12.9. The topological polar surface area (TPSA) is 87.9 Å². The first-order valence-electron chi connectivity index (χ1n) is 7.90. The number of aliphatic hydroxyl groups is 1. The molecule has 1 fully saturated rings. The Morgan fingerprint density at radius 1 is 1.52 bits per heavy atom. The van der Waals surface area contributed by atoms with Gasteiger partial charge >= 0.3 is 0 Å². The third-order valence-corrected chi connectivity index (χ3v) is 4.05. The molecular formula is C16H22N4O3. The van der Waals surface area contributed by atoms with Gasteiger partial charge in [0.15, 0.2) is 0 Å². The van der Waals surface area contributed by atoms with E-state index in [2.05, 4.69) is 15.6 Å². The van der Waals surface area contributed by atoms with Gasteiger partial charge in [-0.3, -0.25) is 4.79 Å². The van der Waals surface area contributed by atoms with Gasteiger partial charge in [-0.2, -0.15) is 0 Å². The van der Waals surface area contributed by atoms with Crippen molar-refractivity contribution in [2.45, 2.75) is 12.5 Å². The zero-order chi connectivity index (χ0) is 16.1. The van der Waals surface area contributed by atoms with Gasteiger partial charge in [0.25, 0.3) is 5.91 Å². The molecule has 7 heteroatoms. The molecule has 2 atom stereocenters. The van der Waals surface area contributed by atoms with E-state index >= 15 is 0 Å². The van der Waals surface area contributed by atoms with E-state index in [1.165, 1.54) is 0 Å². The fourth-order valence-corrected chi connectivity index (χ4v) is 2.63. The average Bonchev–Trinajstić information content (AvgIpc) is 3.23. The molecule has 0 radical (unpaired) electrons. The van der Waals surface area contributed by atoms with Crippen molar-refractivity contribution in [3.8, 4) is 0 Å². The van der Waals surface area contributed by atoms with Crippen LogP contribution in [0.1, 0.15) is 16.9 Å². The molecule has 0 saturated carbocycles. The molecule has 2 aromatic heterocycles. The lowest BCUT2D eigenvalue weighted by atomic mass is 10.1. The van der Waals surface area contributed by atoms with Crippen molar-refractivity contribution in [3.63, 3.8) is 0 Å². The Morgan fingerprint density at radius 2 is 2.43 bits per heavy atom. The van der Waals surface area contributed by atoms with Gasteiger partial charge in [-0.25, -0.2) is 4.98 Å². The van der Waals surface area contributed by atoms with E-state index in [0.717, 1.165) is 31.8 Å². The van der Waals surface area contributed by atoms with Gasteiger partial charge in [-0.15, -0.1) is 0 Å². The Bertz CT molecular complexity index is 619. The lowest BCUT2D eigenvalue weighted by Crippen LogP contribution is -2.45. The van der Waals surface area contributed by atoms with Gasteiger partial charge in [-0.1, -0.05) is 6.07 Å². The summed E-state index contributed by atoms with van der Waals surface area (Å²) in [5.41, 5.74) is 1.10. The summed E-state index contributed by atoms with van der Waals surface area (Å²) in [6, 6.07) is 5.44. The number of pyridine rings is 1. The number of carbonyl (C=O) groups is 1. The molecule has 1 amide bonds. The first-order chi connectivity index (χ1) is 11.3. The number of amides is 1. The number of nitrogens with zero attached hydrogens (tertiary/aromatic N) is 2. The fraction of sp³-hybridized carbons (Fsp3) is 0.500. The van der Waals surface area contributed by atoms with Crippen LogP contribution in [-0.2, 0) is 4.74 Å². The van der Waals surface area contributed by atoms with Gasteiger partial charge in [0, 0.05) is 38.1 Å². The number of rotatable bonds is 7. The van der Waals surface area contributed by atoms with Crippen LogP contribution in [0.2, 0.25) is 0 Å². The highest BCUT2D eigenvalue weighted by atomic mass is 16.5. The minimum absolute atomic E-state index is 0.0287. The molecule has 0 aromatic carbocycles. The lowest BCUT2D eigenvalue weighted by molar-refractivity contribution is 0.0939. The maximum Gasteiger partial charge on any atom is 0.271 e. The number of ether oxygens (including phenoxy) is 1. The van der Waals surface area contributed by atoms with Gasteiger partial charge in [0.1, 0.15) is 11.3 Å².